The second-order valence-corrected chi connectivity index (χ2v) is 13.4. The number of carbonyl (C=O) groups is 2. The minimum absolute atomic E-state index is 0.0462. The van der Waals surface area contributed by atoms with Crippen LogP contribution in [0.1, 0.15) is 46.5 Å². The molecule has 0 N–H and O–H groups in total. The SMILES string of the molecule is COC(=O)C12CCC(C(=O)OC)(C1)C(O[Si](C)(C)C(C)(C)C)C2. The van der Waals surface area contributed by atoms with Crippen LogP contribution in [0, 0.1) is 10.8 Å². The summed E-state index contributed by atoms with van der Waals surface area (Å²) in [5, 5.41) is 0.0462. The lowest BCUT2D eigenvalue weighted by molar-refractivity contribution is -0.158. The Morgan fingerprint density at radius 1 is 1.04 bits per heavy atom. The fourth-order valence-electron chi connectivity index (χ4n) is 3.91. The third kappa shape index (κ3) is 2.74. The fourth-order valence-corrected chi connectivity index (χ4v) is 5.29. The van der Waals surface area contributed by atoms with E-state index >= 15 is 0 Å². The summed E-state index contributed by atoms with van der Waals surface area (Å²) in [5.74, 6) is -0.464. The van der Waals surface area contributed by atoms with Crippen LogP contribution < -0.4 is 0 Å². The molecule has 3 unspecified atom stereocenters. The van der Waals surface area contributed by atoms with Gasteiger partial charge in [0.05, 0.1) is 31.2 Å². The largest absolute Gasteiger partial charge is 0.469 e. The predicted molar refractivity (Wildman–Crippen MR) is 89.4 cm³/mol. The highest BCUT2D eigenvalue weighted by molar-refractivity contribution is 6.74. The quantitative estimate of drug-likeness (QED) is 0.579. The second-order valence-electron chi connectivity index (χ2n) is 8.67. The summed E-state index contributed by atoms with van der Waals surface area (Å²) in [6.07, 6.45) is 2.09. The van der Waals surface area contributed by atoms with Gasteiger partial charge in [0.1, 0.15) is 0 Å². The van der Waals surface area contributed by atoms with Gasteiger partial charge in [0.15, 0.2) is 8.32 Å². The first kappa shape index (κ1) is 18.5. The Kier molecular flexibility index (Phi) is 4.48. The van der Waals surface area contributed by atoms with Crippen LogP contribution in [0.15, 0.2) is 0 Å². The molecule has 2 fully saturated rings. The van der Waals surface area contributed by atoms with E-state index in [0.717, 1.165) is 0 Å². The van der Waals surface area contributed by atoms with Crippen LogP contribution in [0.5, 0.6) is 0 Å². The Balaban J connectivity index is 2.35. The first-order chi connectivity index (χ1) is 10.4. The summed E-state index contributed by atoms with van der Waals surface area (Å²) in [6.45, 7) is 10.9. The Morgan fingerprint density at radius 2 is 1.61 bits per heavy atom. The van der Waals surface area contributed by atoms with Crippen molar-refractivity contribution in [3.05, 3.63) is 0 Å². The van der Waals surface area contributed by atoms with Gasteiger partial charge in [0.25, 0.3) is 0 Å². The molecule has 0 aliphatic heterocycles. The van der Waals surface area contributed by atoms with Crippen molar-refractivity contribution in [2.45, 2.75) is 70.7 Å². The Bertz CT molecular complexity index is 510. The number of carbonyl (C=O) groups excluding carboxylic acids is 2. The standard InChI is InChI=1S/C17H30O5Si/c1-15(2,3)23(6,7)22-12-10-16(13(18)20-4)8-9-17(12,11-16)14(19)21-5/h12H,8-11H2,1-7H3. The van der Waals surface area contributed by atoms with Crippen LogP contribution in [-0.2, 0) is 23.5 Å². The predicted octanol–water partition coefficient (Wildman–Crippen LogP) is 3.28. The van der Waals surface area contributed by atoms with E-state index in [1.807, 2.05) is 0 Å². The molecule has 2 rings (SSSR count). The lowest BCUT2D eigenvalue weighted by Crippen LogP contribution is -2.50. The van der Waals surface area contributed by atoms with Crippen molar-refractivity contribution in [1.29, 1.82) is 0 Å². The van der Waals surface area contributed by atoms with Crippen LogP contribution in [0.25, 0.3) is 0 Å². The zero-order chi connectivity index (χ0) is 17.7. The highest BCUT2D eigenvalue weighted by Crippen LogP contribution is 2.64. The van der Waals surface area contributed by atoms with Gasteiger partial charge in [-0.15, -0.1) is 0 Å². The molecule has 3 atom stereocenters. The summed E-state index contributed by atoms with van der Waals surface area (Å²) in [6, 6.07) is 0. The third-order valence-corrected chi connectivity index (χ3v) is 10.8. The summed E-state index contributed by atoms with van der Waals surface area (Å²) in [4.78, 5) is 24.9. The molecule has 2 saturated carbocycles. The molecule has 0 spiro atoms. The van der Waals surface area contributed by atoms with Gasteiger partial charge >= 0.3 is 11.9 Å². The highest BCUT2D eigenvalue weighted by atomic mass is 28.4. The molecule has 6 heteroatoms. The monoisotopic (exact) mass is 342 g/mol. The minimum atomic E-state index is -2.05. The summed E-state index contributed by atoms with van der Waals surface area (Å²) in [5.41, 5.74) is -1.28. The van der Waals surface area contributed by atoms with Crippen molar-refractivity contribution in [3.8, 4) is 0 Å². The van der Waals surface area contributed by atoms with E-state index in [1.54, 1.807) is 0 Å². The van der Waals surface area contributed by atoms with Crippen molar-refractivity contribution in [2.75, 3.05) is 14.2 Å². The second kappa shape index (κ2) is 5.58. The molecule has 0 aromatic carbocycles. The van der Waals surface area contributed by atoms with Gasteiger partial charge in [-0.3, -0.25) is 9.59 Å². The van der Waals surface area contributed by atoms with Gasteiger partial charge in [-0.1, -0.05) is 20.8 Å². The summed E-state index contributed by atoms with van der Waals surface area (Å²) in [7, 11) is 0.777. The molecule has 2 bridgehead atoms. The van der Waals surface area contributed by atoms with Crippen LogP contribution in [0.2, 0.25) is 18.1 Å². The molecule has 0 aromatic rings. The maximum Gasteiger partial charge on any atom is 0.314 e. The molecule has 2 aliphatic rings. The average molecular weight is 343 g/mol. The van der Waals surface area contributed by atoms with Crippen LogP contribution in [-0.4, -0.2) is 40.6 Å². The first-order valence-electron chi connectivity index (χ1n) is 8.29. The maximum absolute atomic E-state index is 12.6. The molecular weight excluding hydrogens is 312 g/mol. The number of ether oxygens (including phenoxy) is 2. The van der Waals surface area contributed by atoms with Gasteiger partial charge in [-0.25, -0.2) is 0 Å². The molecule has 2 aliphatic carbocycles. The van der Waals surface area contributed by atoms with E-state index in [-0.39, 0.29) is 23.1 Å². The van der Waals surface area contributed by atoms with E-state index in [4.69, 9.17) is 13.9 Å². The van der Waals surface area contributed by atoms with Crippen molar-refractivity contribution in [1.82, 2.24) is 0 Å². The molecule has 0 radical (unpaired) electrons. The summed E-state index contributed by atoms with van der Waals surface area (Å²) >= 11 is 0. The topological polar surface area (TPSA) is 61.8 Å². The number of hydrogen-bond donors (Lipinski definition) is 0. The smallest absolute Gasteiger partial charge is 0.314 e. The zero-order valence-electron chi connectivity index (χ0n) is 15.4. The lowest BCUT2D eigenvalue weighted by Gasteiger charge is -2.43. The van der Waals surface area contributed by atoms with Crippen molar-refractivity contribution >= 4 is 20.3 Å². The van der Waals surface area contributed by atoms with Gasteiger partial charge in [0, 0.05) is 0 Å². The zero-order valence-corrected chi connectivity index (χ0v) is 16.4. The molecule has 132 valence electrons. The van der Waals surface area contributed by atoms with Crippen LogP contribution in [0.4, 0.5) is 0 Å². The molecule has 0 amide bonds. The van der Waals surface area contributed by atoms with Crippen molar-refractivity contribution in [2.24, 2.45) is 10.8 Å². The van der Waals surface area contributed by atoms with Gasteiger partial charge in [-0.2, -0.15) is 0 Å². The number of hydrogen-bond acceptors (Lipinski definition) is 5. The number of methoxy groups -OCH3 is 2. The third-order valence-electron chi connectivity index (χ3n) is 6.35. The fraction of sp³-hybridized carbons (Fsp3) is 0.882. The highest BCUT2D eigenvalue weighted by Gasteiger charge is 2.68. The molecule has 5 nitrogen and oxygen atoms in total. The molecule has 0 heterocycles. The number of fused-ring (bicyclic) bond motifs is 2. The van der Waals surface area contributed by atoms with Gasteiger partial charge in [0.2, 0.25) is 0 Å². The molecule has 0 saturated heterocycles. The summed E-state index contributed by atoms with van der Waals surface area (Å²) < 4.78 is 16.7. The van der Waals surface area contributed by atoms with Crippen molar-refractivity contribution < 1.29 is 23.5 Å². The average Bonchev–Trinajstić information content (AvgIpc) is 2.99. The Labute approximate surface area is 140 Å². The first-order valence-corrected chi connectivity index (χ1v) is 11.2. The van der Waals surface area contributed by atoms with E-state index in [1.165, 1.54) is 14.2 Å². The van der Waals surface area contributed by atoms with Crippen LogP contribution >= 0.6 is 0 Å². The van der Waals surface area contributed by atoms with E-state index in [0.29, 0.717) is 25.7 Å². The normalized spacial score (nSPS) is 33.6. The van der Waals surface area contributed by atoms with E-state index in [2.05, 4.69) is 33.9 Å². The Morgan fingerprint density at radius 3 is 2.09 bits per heavy atom. The van der Waals surface area contributed by atoms with E-state index < -0.39 is 19.1 Å². The molecule has 0 aromatic heterocycles. The molecular formula is C17H30O5Si. The lowest BCUT2D eigenvalue weighted by atomic mass is 9.80. The number of esters is 2. The van der Waals surface area contributed by atoms with Crippen LogP contribution in [0.3, 0.4) is 0 Å². The van der Waals surface area contributed by atoms with Gasteiger partial charge in [-0.05, 0) is 43.8 Å². The number of rotatable bonds is 4. The van der Waals surface area contributed by atoms with Gasteiger partial charge < -0.3 is 13.9 Å². The minimum Gasteiger partial charge on any atom is -0.469 e. The molecule has 23 heavy (non-hydrogen) atoms. The van der Waals surface area contributed by atoms with Crippen molar-refractivity contribution in [3.63, 3.8) is 0 Å². The maximum atomic E-state index is 12.6. The Hall–Kier alpha value is -0.883. The van der Waals surface area contributed by atoms with E-state index in [9.17, 15) is 9.59 Å².